The zero-order valence-corrected chi connectivity index (χ0v) is 12.7. The molecular weight excluding hydrogens is 300 g/mol. The summed E-state index contributed by atoms with van der Waals surface area (Å²) in [4.78, 5) is 34.6. The Kier molecular flexibility index (Phi) is 5.14. The first kappa shape index (κ1) is 16.3. The van der Waals surface area contributed by atoms with Gasteiger partial charge in [-0.25, -0.2) is 4.79 Å². The predicted octanol–water partition coefficient (Wildman–Crippen LogP) is 2.42. The van der Waals surface area contributed by atoms with Crippen molar-refractivity contribution in [1.82, 2.24) is 0 Å². The second kappa shape index (κ2) is 7.26. The van der Waals surface area contributed by atoms with Gasteiger partial charge in [0.2, 0.25) is 11.7 Å². The van der Waals surface area contributed by atoms with E-state index < -0.39 is 18.0 Å². The Morgan fingerprint density at radius 1 is 1.04 bits per heavy atom. The Labute approximate surface area is 132 Å². The lowest BCUT2D eigenvalue weighted by Gasteiger charge is -2.13. The van der Waals surface area contributed by atoms with Gasteiger partial charge >= 0.3 is 5.97 Å². The van der Waals surface area contributed by atoms with Gasteiger partial charge < -0.3 is 19.8 Å². The molecule has 120 valence electrons. The number of anilines is 2. The van der Waals surface area contributed by atoms with Crippen molar-refractivity contribution >= 4 is 29.2 Å². The summed E-state index contributed by atoms with van der Waals surface area (Å²) >= 11 is 0. The van der Waals surface area contributed by atoms with Crippen LogP contribution in [0.3, 0.4) is 0 Å². The molecule has 1 heterocycles. The van der Waals surface area contributed by atoms with Crippen molar-refractivity contribution in [1.29, 1.82) is 0 Å². The quantitative estimate of drug-likeness (QED) is 0.826. The monoisotopic (exact) mass is 316 g/mol. The van der Waals surface area contributed by atoms with Gasteiger partial charge in [-0.15, -0.1) is 0 Å². The normalized spacial score (nSPS) is 11.4. The molecule has 23 heavy (non-hydrogen) atoms. The average molecular weight is 316 g/mol. The Bertz CT molecular complexity index is 692. The number of rotatable bonds is 5. The maximum absolute atomic E-state index is 12.0. The number of carbonyl (C=O) groups excluding carboxylic acids is 3. The van der Waals surface area contributed by atoms with Crippen LogP contribution in [0.2, 0.25) is 0 Å². The van der Waals surface area contributed by atoms with Gasteiger partial charge in [0.1, 0.15) is 0 Å². The summed E-state index contributed by atoms with van der Waals surface area (Å²) in [6.45, 7) is 2.87. The molecule has 1 unspecified atom stereocenters. The standard InChI is InChI=1S/C16H16N2O5/c1-10(23-16(21)14-4-3-9-22-14)15(20)18-13-7-5-12(6-8-13)17-11(2)19/h3-10H,1-2H3,(H,17,19)(H,18,20). The number of hydrogen-bond donors (Lipinski definition) is 2. The molecule has 1 aromatic heterocycles. The molecule has 1 atom stereocenters. The largest absolute Gasteiger partial charge is 0.457 e. The van der Waals surface area contributed by atoms with Crippen molar-refractivity contribution in [3.63, 3.8) is 0 Å². The highest BCUT2D eigenvalue weighted by molar-refractivity contribution is 5.97. The Hall–Kier alpha value is -3.09. The Balaban J connectivity index is 1.90. The highest BCUT2D eigenvalue weighted by atomic mass is 16.6. The summed E-state index contributed by atoms with van der Waals surface area (Å²) in [5.74, 6) is -1.33. The molecule has 2 N–H and O–H groups in total. The number of ether oxygens (including phenoxy) is 1. The maximum atomic E-state index is 12.0. The van der Waals surface area contributed by atoms with E-state index in [2.05, 4.69) is 10.6 Å². The minimum absolute atomic E-state index is 0.0318. The van der Waals surface area contributed by atoms with Gasteiger partial charge in [-0.3, -0.25) is 9.59 Å². The lowest BCUT2D eigenvalue weighted by molar-refractivity contribution is -0.123. The maximum Gasteiger partial charge on any atom is 0.374 e. The third-order valence-electron chi connectivity index (χ3n) is 2.85. The number of furan rings is 1. The van der Waals surface area contributed by atoms with E-state index in [9.17, 15) is 14.4 Å². The van der Waals surface area contributed by atoms with Gasteiger partial charge in [-0.05, 0) is 43.3 Å². The van der Waals surface area contributed by atoms with Crippen LogP contribution in [-0.2, 0) is 14.3 Å². The Morgan fingerprint density at radius 2 is 1.65 bits per heavy atom. The number of hydrogen-bond acceptors (Lipinski definition) is 5. The van der Waals surface area contributed by atoms with Crippen molar-refractivity contribution in [2.75, 3.05) is 10.6 Å². The summed E-state index contributed by atoms with van der Waals surface area (Å²) in [6.07, 6.45) is 0.362. The van der Waals surface area contributed by atoms with E-state index in [0.717, 1.165) is 0 Å². The number of carbonyl (C=O) groups is 3. The van der Waals surface area contributed by atoms with Crippen LogP contribution in [0, 0.1) is 0 Å². The van der Waals surface area contributed by atoms with E-state index >= 15 is 0 Å². The molecular formula is C16H16N2O5. The van der Waals surface area contributed by atoms with Crippen LogP contribution in [0.5, 0.6) is 0 Å². The molecule has 7 heteroatoms. The van der Waals surface area contributed by atoms with Crippen LogP contribution >= 0.6 is 0 Å². The number of amides is 2. The lowest BCUT2D eigenvalue weighted by atomic mass is 10.2. The van der Waals surface area contributed by atoms with Crippen molar-refractivity contribution in [3.8, 4) is 0 Å². The lowest BCUT2D eigenvalue weighted by Crippen LogP contribution is -2.29. The zero-order valence-electron chi connectivity index (χ0n) is 12.7. The second-order valence-corrected chi connectivity index (χ2v) is 4.77. The summed E-state index contributed by atoms with van der Waals surface area (Å²) in [7, 11) is 0. The number of benzene rings is 1. The van der Waals surface area contributed by atoms with E-state index in [0.29, 0.717) is 11.4 Å². The zero-order chi connectivity index (χ0) is 16.8. The first-order chi connectivity index (χ1) is 11.0. The van der Waals surface area contributed by atoms with Gasteiger partial charge in [-0.2, -0.15) is 0 Å². The van der Waals surface area contributed by atoms with Gasteiger partial charge in [0, 0.05) is 18.3 Å². The summed E-state index contributed by atoms with van der Waals surface area (Å²) in [5.41, 5.74) is 1.14. The number of esters is 1. The summed E-state index contributed by atoms with van der Waals surface area (Å²) in [5, 5.41) is 5.23. The van der Waals surface area contributed by atoms with Crippen molar-refractivity contribution in [2.24, 2.45) is 0 Å². The fourth-order valence-electron chi connectivity index (χ4n) is 1.75. The van der Waals surface area contributed by atoms with Crippen LogP contribution in [0.4, 0.5) is 11.4 Å². The Morgan fingerprint density at radius 3 is 2.17 bits per heavy atom. The molecule has 2 rings (SSSR count). The number of nitrogens with one attached hydrogen (secondary N) is 2. The smallest absolute Gasteiger partial charge is 0.374 e. The molecule has 0 aliphatic rings. The molecule has 0 radical (unpaired) electrons. The molecule has 0 spiro atoms. The molecule has 0 saturated heterocycles. The van der Waals surface area contributed by atoms with E-state index in [1.165, 1.54) is 26.2 Å². The molecule has 0 aliphatic heterocycles. The molecule has 2 amide bonds. The highest BCUT2D eigenvalue weighted by Gasteiger charge is 2.20. The molecule has 0 saturated carbocycles. The third-order valence-corrected chi connectivity index (χ3v) is 2.85. The van der Waals surface area contributed by atoms with Crippen LogP contribution in [0.15, 0.2) is 47.1 Å². The third kappa shape index (κ3) is 4.70. The molecule has 1 aromatic carbocycles. The average Bonchev–Trinajstić information content (AvgIpc) is 3.03. The van der Waals surface area contributed by atoms with Crippen molar-refractivity contribution < 1.29 is 23.5 Å². The molecule has 2 aromatic rings. The van der Waals surface area contributed by atoms with Crippen molar-refractivity contribution in [2.45, 2.75) is 20.0 Å². The van der Waals surface area contributed by atoms with E-state index in [1.54, 1.807) is 30.3 Å². The van der Waals surface area contributed by atoms with E-state index in [1.807, 2.05) is 0 Å². The fourth-order valence-corrected chi connectivity index (χ4v) is 1.75. The van der Waals surface area contributed by atoms with Crippen LogP contribution in [-0.4, -0.2) is 23.9 Å². The highest BCUT2D eigenvalue weighted by Crippen LogP contribution is 2.14. The topological polar surface area (TPSA) is 97.6 Å². The van der Waals surface area contributed by atoms with E-state index in [4.69, 9.17) is 9.15 Å². The van der Waals surface area contributed by atoms with Gasteiger partial charge in [0.25, 0.3) is 5.91 Å². The fraction of sp³-hybridized carbons (Fsp3) is 0.188. The first-order valence-corrected chi connectivity index (χ1v) is 6.88. The van der Waals surface area contributed by atoms with E-state index in [-0.39, 0.29) is 11.7 Å². The first-order valence-electron chi connectivity index (χ1n) is 6.88. The second-order valence-electron chi connectivity index (χ2n) is 4.77. The molecule has 0 aliphatic carbocycles. The van der Waals surface area contributed by atoms with Crippen LogP contribution < -0.4 is 10.6 Å². The van der Waals surface area contributed by atoms with Crippen molar-refractivity contribution in [3.05, 3.63) is 48.4 Å². The molecule has 0 bridgehead atoms. The molecule has 0 fully saturated rings. The minimum Gasteiger partial charge on any atom is -0.457 e. The SMILES string of the molecule is CC(=O)Nc1ccc(NC(=O)C(C)OC(=O)c2ccco2)cc1. The summed E-state index contributed by atoms with van der Waals surface area (Å²) < 4.78 is 9.90. The van der Waals surface area contributed by atoms with Gasteiger partial charge in [0.15, 0.2) is 6.10 Å². The van der Waals surface area contributed by atoms with Gasteiger partial charge in [-0.1, -0.05) is 0 Å². The van der Waals surface area contributed by atoms with Crippen LogP contribution in [0.1, 0.15) is 24.4 Å². The minimum atomic E-state index is -0.984. The van der Waals surface area contributed by atoms with Gasteiger partial charge in [0.05, 0.1) is 6.26 Å². The summed E-state index contributed by atoms with van der Waals surface area (Å²) in [6, 6.07) is 9.56. The predicted molar refractivity (Wildman–Crippen MR) is 83.0 cm³/mol. The molecule has 7 nitrogen and oxygen atoms in total. The van der Waals surface area contributed by atoms with Crippen LogP contribution in [0.25, 0.3) is 0 Å².